The van der Waals surface area contributed by atoms with E-state index in [4.69, 9.17) is 0 Å². The lowest BCUT2D eigenvalue weighted by atomic mass is 9.92. The van der Waals surface area contributed by atoms with Gasteiger partial charge in [0.2, 0.25) is 0 Å². The molecule has 170 valence electrons. The first kappa shape index (κ1) is 22.6. The second-order valence-electron chi connectivity index (χ2n) is 8.07. The maximum Gasteiger partial charge on any atom is 0.573 e. The number of fused-ring (bicyclic) bond motifs is 1. The van der Waals surface area contributed by atoms with Gasteiger partial charge in [-0.2, -0.15) is 0 Å². The predicted molar refractivity (Wildman–Crippen MR) is 119 cm³/mol. The highest BCUT2D eigenvalue weighted by Crippen LogP contribution is 2.33. The van der Waals surface area contributed by atoms with Gasteiger partial charge in [-0.1, -0.05) is 43.0 Å². The topological polar surface area (TPSA) is 55.4 Å². The number of ketones is 1. The van der Waals surface area contributed by atoms with E-state index in [1.807, 2.05) is 24.3 Å². The van der Waals surface area contributed by atoms with Gasteiger partial charge in [0, 0.05) is 16.8 Å². The molecule has 0 saturated carbocycles. The summed E-state index contributed by atoms with van der Waals surface area (Å²) in [6, 6.07) is 12.4. The summed E-state index contributed by atoms with van der Waals surface area (Å²) in [7, 11) is 0. The van der Waals surface area contributed by atoms with Crippen LogP contribution < -0.4 is 10.1 Å². The van der Waals surface area contributed by atoms with Crippen LogP contribution in [-0.2, 0) is 0 Å². The van der Waals surface area contributed by atoms with E-state index in [-0.39, 0.29) is 23.2 Å². The lowest BCUT2D eigenvalue weighted by molar-refractivity contribution is -0.274. The molecule has 1 heterocycles. The molecule has 7 heteroatoms. The molecule has 1 amide bonds. The lowest BCUT2D eigenvalue weighted by Crippen LogP contribution is -2.26. The lowest BCUT2D eigenvalue weighted by Gasteiger charge is -2.19. The van der Waals surface area contributed by atoms with Crippen LogP contribution in [-0.4, -0.2) is 18.1 Å². The molecule has 4 rings (SSSR count). The fourth-order valence-corrected chi connectivity index (χ4v) is 4.25. The highest BCUT2D eigenvalue weighted by atomic mass is 19.4. The zero-order valence-corrected chi connectivity index (χ0v) is 17.7. The summed E-state index contributed by atoms with van der Waals surface area (Å²) in [4.78, 5) is 25.7. The number of Topliss-reactive ketones (excluding diaryl/α,β-unsaturated/α-hetero) is 1. The summed E-state index contributed by atoms with van der Waals surface area (Å²) in [5.41, 5.74) is 3.56. The summed E-state index contributed by atoms with van der Waals surface area (Å²) in [5.74, 6) is -0.921. The van der Waals surface area contributed by atoms with E-state index in [2.05, 4.69) is 16.6 Å². The molecule has 2 aliphatic rings. The summed E-state index contributed by atoms with van der Waals surface area (Å²) < 4.78 is 41.5. The molecule has 1 aliphatic carbocycles. The molecule has 0 spiro atoms. The fraction of sp³-hybridized carbons (Fsp3) is 0.231. The third-order valence-corrected chi connectivity index (χ3v) is 5.83. The van der Waals surface area contributed by atoms with Crippen molar-refractivity contribution in [3.05, 3.63) is 95.2 Å². The van der Waals surface area contributed by atoms with Gasteiger partial charge in [-0.05, 0) is 72.6 Å². The maximum atomic E-state index is 13.0. The van der Waals surface area contributed by atoms with Crippen LogP contribution in [0.3, 0.4) is 0 Å². The van der Waals surface area contributed by atoms with Crippen molar-refractivity contribution in [2.24, 2.45) is 5.92 Å². The Morgan fingerprint density at radius 2 is 1.82 bits per heavy atom. The van der Waals surface area contributed by atoms with Gasteiger partial charge in [-0.3, -0.25) is 9.59 Å². The van der Waals surface area contributed by atoms with Gasteiger partial charge in [-0.25, -0.2) is 0 Å². The number of ether oxygens (including phenoxy) is 1. The molecule has 1 unspecified atom stereocenters. The van der Waals surface area contributed by atoms with Crippen LogP contribution in [0.25, 0.3) is 5.57 Å². The van der Waals surface area contributed by atoms with Gasteiger partial charge in [0.05, 0.1) is 0 Å². The molecule has 2 aromatic rings. The van der Waals surface area contributed by atoms with Gasteiger partial charge in [0.1, 0.15) is 5.75 Å². The van der Waals surface area contributed by atoms with Gasteiger partial charge in [0.25, 0.3) is 5.91 Å². The monoisotopic (exact) mass is 453 g/mol. The van der Waals surface area contributed by atoms with Crippen LogP contribution in [0, 0.1) is 5.92 Å². The molecule has 0 bridgehead atoms. The van der Waals surface area contributed by atoms with Gasteiger partial charge in [0.15, 0.2) is 5.78 Å². The van der Waals surface area contributed by atoms with E-state index in [9.17, 15) is 22.8 Å². The average molecular weight is 453 g/mol. The van der Waals surface area contributed by atoms with Crippen LogP contribution in [0.15, 0.2) is 78.5 Å². The van der Waals surface area contributed by atoms with E-state index in [1.54, 1.807) is 12.1 Å². The second-order valence-corrected chi connectivity index (χ2v) is 8.07. The largest absolute Gasteiger partial charge is 0.573 e. The van der Waals surface area contributed by atoms with Gasteiger partial charge < -0.3 is 10.1 Å². The summed E-state index contributed by atoms with van der Waals surface area (Å²) in [5, 5.41) is 3.00. The highest BCUT2D eigenvalue weighted by Gasteiger charge is 2.31. The Morgan fingerprint density at radius 3 is 2.58 bits per heavy atom. The minimum Gasteiger partial charge on any atom is -0.406 e. The summed E-state index contributed by atoms with van der Waals surface area (Å²) >= 11 is 0. The molecule has 0 saturated heterocycles. The quantitative estimate of drug-likeness (QED) is 0.559. The van der Waals surface area contributed by atoms with Crippen LogP contribution >= 0.6 is 0 Å². The molecule has 0 aromatic heterocycles. The number of alkyl halides is 3. The van der Waals surface area contributed by atoms with Crippen molar-refractivity contribution in [2.75, 3.05) is 0 Å². The van der Waals surface area contributed by atoms with E-state index >= 15 is 0 Å². The molecule has 33 heavy (non-hydrogen) atoms. The number of amides is 1. The highest BCUT2D eigenvalue weighted by molar-refractivity contribution is 6.09. The predicted octanol–water partition coefficient (Wildman–Crippen LogP) is 6.23. The molecule has 0 radical (unpaired) electrons. The number of hydrogen-bond acceptors (Lipinski definition) is 3. The third kappa shape index (κ3) is 5.25. The molecule has 1 atom stereocenters. The minimum atomic E-state index is -4.82. The first-order valence-electron chi connectivity index (χ1n) is 10.6. The Balaban J connectivity index is 1.47. The number of allylic oxidation sites excluding steroid dienone is 5. The van der Waals surface area contributed by atoms with E-state index < -0.39 is 12.1 Å². The molecule has 4 nitrogen and oxygen atoms in total. The third-order valence-electron chi connectivity index (χ3n) is 5.83. The Bertz CT molecular complexity index is 1180. The number of carbonyl (C=O) groups excluding carboxylic acids is 2. The zero-order valence-electron chi connectivity index (χ0n) is 17.7. The van der Waals surface area contributed by atoms with Crippen molar-refractivity contribution in [2.45, 2.75) is 32.0 Å². The van der Waals surface area contributed by atoms with Gasteiger partial charge in [-0.15, -0.1) is 13.2 Å². The van der Waals surface area contributed by atoms with Crippen LogP contribution in [0.1, 0.15) is 52.0 Å². The zero-order chi connectivity index (χ0) is 23.6. The Hall–Kier alpha value is -3.61. The van der Waals surface area contributed by atoms with Crippen molar-refractivity contribution in [1.29, 1.82) is 0 Å². The Labute approximate surface area is 189 Å². The Morgan fingerprint density at radius 1 is 1.06 bits per heavy atom. The maximum absolute atomic E-state index is 13.0. The first-order valence-corrected chi connectivity index (χ1v) is 10.6. The van der Waals surface area contributed by atoms with E-state index in [0.29, 0.717) is 30.4 Å². The van der Waals surface area contributed by atoms with E-state index in [0.717, 1.165) is 35.4 Å². The summed E-state index contributed by atoms with van der Waals surface area (Å²) in [6.45, 7) is 4.11. The molecule has 1 aliphatic heterocycles. The minimum absolute atomic E-state index is 0.0152. The first-order chi connectivity index (χ1) is 15.7. The second kappa shape index (κ2) is 9.10. The van der Waals surface area contributed by atoms with Crippen molar-refractivity contribution in [3.8, 4) is 5.75 Å². The molecule has 2 aromatic carbocycles. The van der Waals surface area contributed by atoms with Crippen LogP contribution in [0.2, 0.25) is 0 Å². The molecular formula is C26H22F3NO3. The van der Waals surface area contributed by atoms with Crippen molar-refractivity contribution >= 4 is 17.3 Å². The van der Waals surface area contributed by atoms with Crippen LogP contribution in [0.4, 0.5) is 13.2 Å². The fourth-order valence-electron chi connectivity index (χ4n) is 4.25. The van der Waals surface area contributed by atoms with Crippen molar-refractivity contribution in [3.63, 3.8) is 0 Å². The Kier molecular flexibility index (Phi) is 6.22. The number of carbonyl (C=O) groups is 2. The van der Waals surface area contributed by atoms with Crippen molar-refractivity contribution in [1.82, 2.24) is 5.32 Å². The number of benzene rings is 2. The number of rotatable bonds is 4. The number of hydrogen-bond donors (Lipinski definition) is 1. The molecular weight excluding hydrogens is 431 g/mol. The van der Waals surface area contributed by atoms with Crippen molar-refractivity contribution < 1.29 is 27.5 Å². The standard InChI is InChI=1S/C26H22F3NO3/c1-16-14-23(30-25(32)22-11-3-2-10-21(16)22)17-6-4-7-18(13-12-17)24(31)19-8-5-9-20(15-19)33-26(27,28)29/h2-3,5,7-11,14-15,17H,1,4,6,12-13H2,(H,30,32). The normalized spacial score (nSPS) is 18.8. The van der Waals surface area contributed by atoms with Gasteiger partial charge >= 0.3 is 6.36 Å². The SMILES string of the molecule is C=C1C=C(C2CCC=C(C(=O)c3cccc(OC(F)(F)F)c3)CC2)NC(=O)c2ccccc21. The van der Waals surface area contributed by atoms with E-state index in [1.165, 1.54) is 12.1 Å². The van der Waals surface area contributed by atoms with Crippen LogP contribution in [0.5, 0.6) is 5.75 Å². The molecule has 0 fully saturated rings. The average Bonchev–Trinajstić information content (AvgIpc) is 3.09. The summed E-state index contributed by atoms with van der Waals surface area (Å²) in [6.07, 6.45) is 1.30. The smallest absolute Gasteiger partial charge is 0.406 e. The number of nitrogens with one attached hydrogen (secondary N) is 1. The molecule has 1 N–H and O–H groups in total. The number of halogens is 3.